The van der Waals surface area contributed by atoms with E-state index in [1.807, 2.05) is 37.2 Å². The van der Waals surface area contributed by atoms with E-state index < -0.39 is 0 Å². The predicted molar refractivity (Wildman–Crippen MR) is 83.1 cm³/mol. The summed E-state index contributed by atoms with van der Waals surface area (Å²) in [5, 5.41) is 2.79. The fraction of sp³-hybridized carbons (Fsp3) is 0.235. The number of nitrogens with zero attached hydrogens (tertiary/aromatic N) is 1. The van der Waals surface area contributed by atoms with Crippen molar-refractivity contribution in [3.63, 3.8) is 0 Å². The van der Waals surface area contributed by atoms with Gasteiger partial charge in [-0.15, -0.1) is 0 Å². The number of anilines is 1. The summed E-state index contributed by atoms with van der Waals surface area (Å²) in [6.45, 7) is 2.02. The van der Waals surface area contributed by atoms with E-state index >= 15 is 0 Å². The van der Waals surface area contributed by atoms with Crippen molar-refractivity contribution >= 4 is 11.6 Å². The number of aryl methyl sites for hydroxylation is 1. The van der Waals surface area contributed by atoms with Crippen molar-refractivity contribution in [2.45, 2.75) is 13.5 Å². The van der Waals surface area contributed by atoms with Crippen LogP contribution in [0, 0.1) is 12.7 Å². The van der Waals surface area contributed by atoms with Crippen LogP contribution in [0.15, 0.2) is 42.5 Å². The van der Waals surface area contributed by atoms with Crippen LogP contribution in [-0.2, 0) is 6.54 Å². The molecule has 1 N–H and O–H groups in total. The Labute approximate surface area is 124 Å². The van der Waals surface area contributed by atoms with E-state index in [0.29, 0.717) is 17.7 Å². The fourth-order valence-corrected chi connectivity index (χ4v) is 1.94. The summed E-state index contributed by atoms with van der Waals surface area (Å²) in [5.74, 6) is -0.418. The monoisotopic (exact) mass is 286 g/mol. The van der Waals surface area contributed by atoms with Crippen LogP contribution in [0.5, 0.6) is 0 Å². The third kappa shape index (κ3) is 3.81. The van der Waals surface area contributed by atoms with Gasteiger partial charge in [-0.1, -0.05) is 12.1 Å². The average Bonchev–Trinajstić information content (AvgIpc) is 2.48. The minimum atomic E-state index is -0.253. The first kappa shape index (κ1) is 15.0. The Bertz CT molecular complexity index is 636. The maximum absolute atomic E-state index is 13.4. The van der Waals surface area contributed by atoms with E-state index in [2.05, 4.69) is 5.32 Å². The van der Waals surface area contributed by atoms with Gasteiger partial charge in [-0.25, -0.2) is 4.39 Å². The number of amides is 1. The molecule has 0 saturated carbocycles. The summed E-state index contributed by atoms with van der Waals surface area (Å²) in [7, 11) is 3.89. The standard InChI is InChI=1S/C17H19FN2O/c1-12-4-5-13(10-16(12)18)11-19-17(21)14-6-8-15(9-7-14)20(2)3/h4-10H,11H2,1-3H3,(H,19,21). The minimum Gasteiger partial charge on any atom is -0.378 e. The largest absolute Gasteiger partial charge is 0.378 e. The van der Waals surface area contributed by atoms with Crippen LogP contribution in [0.2, 0.25) is 0 Å². The molecule has 0 atom stereocenters. The summed E-state index contributed by atoms with van der Waals surface area (Å²) in [5.41, 5.74) is 2.97. The second-order valence-corrected chi connectivity index (χ2v) is 5.21. The summed E-state index contributed by atoms with van der Waals surface area (Å²) < 4.78 is 13.4. The van der Waals surface area contributed by atoms with Crippen LogP contribution in [-0.4, -0.2) is 20.0 Å². The van der Waals surface area contributed by atoms with Crippen LogP contribution in [0.25, 0.3) is 0 Å². The van der Waals surface area contributed by atoms with Crippen LogP contribution >= 0.6 is 0 Å². The zero-order valence-electron chi connectivity index (χ0n) is 12.5. The molecule has 0 aliphatic heterocycles. The highest BCUT2D eigenvalue weighted by molar-refractivity contribution is 5.94. The molecular formula is C17H19FN2O. The summed E-state index contributed by atoms with van der Waals surface area (Å²) >= 11 is 0. The Kier molecular flexibility index (Phi) is 4.58. The number of halogens is 1. The molecule has 0 aliphatic carbocycles. The SMILES string of the molecule is Cc1ccc(CNC(=O)c2ccc(N(C)C)cc2)cc1F. The smallest absolute Gasteiger partial charge is 0.251 e. The molecule has 4 heteroatoms. The molecule has 3 nitrogen and oxygen atoms in total. The molecule has 0 bridgehead atoms. The lowest BCUT2D eigenvalue weighted by molar-refractivity contribution is 0.0951. The number of hydrogen-bond donors (Lipinski definition) is 1. The highest BCUT2D eigenvalue weighted by Gasteiger charge is 2.06. The molecule has 21 heavy (non-hydrogen) atoms. The Balaban J connectivity index is 1.99. The van der Waals surface area contributed by atoms with Gasteiger partial charge in [-0.2, -0.15) is 0 Å². The van der Waals surface area contributed by atoms with Gasteiger partial charge in [0.1, 0.15) is 5.82 Å². The van der Waals surface area contributed by atoms with Crippen molar-refractivity contribution in [1.82, 2.24) is 5.32 Å². The fourth-order valence-electron chi connectivity index (χ4n) is 1.94. The highest BCUT2D eigenvalue weighted by Crippen LogP contribution is 2.13. The highest BCUT2D eigenvalue weighted by atomic mass is 19.1. The Morgan fingerprint density at radius 1 is 1.14 bits per heavy atom. The molecule has 2 aromatic rings. The number of benzene rings is 2. The molecular weight excluding hydrogens is 267 g/mol. The van der Waals surface area contributed by atoms with Gasteiger partial charge in [0.05, 0.1) is 0 Å². The van der Waals surface area contributed by atoms with Crippen molar-refractivity contribution in [2.75, 3.05) is 19.0 Å². The molecule has 0 unspecified atom stereocenters. The maximum Gasteiger partial charge on any atom is 0.251 e. The van der Waals surface area contributed by atoms with E-state index in [9.17, 15) is 9.18 Å². The molecule has 0 aliphatic rings. The number of carbonyl (C=O) groups excluding carboxylic acids is 1. The Morgan fingerprint density at radius 2 is 1.81 bits per heavy atom. The second-order valence-electron chi connectivity index (χ2n) is 5.21. The molecule has 2 aromatic carbocycles. The van der Waals surface area contributed by atoms with E-state index in [1.165, 1.54) is 6.07 Å². The number of hydrogen-bond acceptors (Lipinski definition) is 2. The van der Waals surface area contributed by atoms with Crippen molar-refractivity contribution in [3.05, 3.63) is 65.0 Å². The van der Waals surface area contributed by atoms with Crippen molar-refractivity contribution in [3.8, 4) is 0 Å². The predicted octanol–water partition coefficient (Wildman–Crippen LogP) is 3.13. The lowest BCUT2D eigenvalue weighted by atomic mass is 10.1. The van der Waals surface area contributed by atoms with Gasteiger partial charge < -0.3 is 10.2 Å². The van der Waals surface area contributed by atoms with Crippen molar-refractivity contribution in [2.24, 2.45) is 0 Å². The zero-order valence-corrected chi connectivity index (χ0v) is 12.5. The Hall–Kier alpha value is -2.36. The Morgan fingerprint density at radius 3 is 2.38 bits per heavy atom. The first-order valence-electron chi connectivity index (χ1n) is 6.78. The topological polar surface area (TPSA) is 32.3 Å². The zero-order chi connectivity index (χ0) is 15.4. The van der Waals surface area contributed by atoms with Crippen LogP contribution in [0.3, 0.4) is 0 Å². The van der Waals surface area contributed by atoms with E-state index in [0.717, 1.165) is 11.3 Å². The van der Waals surface area contributed by atoms with Gasteiger partial charge in [0.2, 0.25) is 0 Å². The lowest BCUT2D eigenvalue weighted by Gasteiger charge is -2.12. The normalized spacial score (nSPS) is 10.3. The van der Waals surface area contributed by atoms with Gasteiger partial charge in [-0.05, 0) is 48.4 Å². The van der Waals surface area contributed by atoms with E-state index in [4.69, 9.17) is 0 Å². The molecule has 110 valence electrons. The average molecular weight is 286 g/mol. The number of nitrogens with one attached hydrogen (secondary N) is 1. The van der Waals surface area contributed by atoms with E-state index in [-0.39, 0.29) is 11.7 Å². The van der Waals surface area contributed by atoms with Crippen LogP contribution in [0.1, 0.15) is 21.5 Å². The first-order valence-corrected chi connectivity index (χ1v) is 6.78. The van der Waals surface area contributed by atoms with Crippen molar-refractivity contribution < 1.29 is 9.18 Å². The third-order valence-corrected chi connectivity index (χ3v) is 3.34. The second kappa shape index (κ2) is 6.39. The summed E-state index contributed by atoms with van der Waals surface area (Å²) in [6, 6.07) is 12.3. The maximum atomic E-state index is 13.4. The minimum absolute atomic E-state index is 0.165. The van der Waals surface area contributed by atoms with Gasteiger partial charge in [0, 0.05) is 31.9 Å². The van der Waals surface area contributed by atoms with Gasteiger partial charge >= 0.3 is 0 Å². The van der Waals surface area contributed by atoms with Crippen LogP contribution < -0.4 is 10.2 Å². The first-order chi connectivity index (χ1) is 9.97. The molecule has 1 amide bonds. The molecule has 0 heterocycles. The van der Waals surface area contributed by atoms with Gasteiger partial charge in [0.25, 0.3) is 5.91 Å². The van der Waals surface area contributed by atoms with Crippen molar-refractivity contribution in [1.29, 1.82) is 0 Å². The molecule has 0 spiro atoms. The summed E-state index contributed by atoms with van der Waals surface area (Å²) in [4.78, 5) is 14.0. The molecule has 0 radical (unpaired) electrons. The summed E-state index contributed by atoms with van der Waals surface area (Å²) in [6.07, 6.45) is 0. The quantitative estimate of drug-likeness (QED) is 0.936. The molecule has 0 saturated heterocycles. The molecule has 0 aromatic heterocycles. The van der Waals surface area contributed by atoms with Gasteiger partial charge in [-0.3, -0.25) is 4.79 Å². The third-order valence-electron chi connectivity index (χ3n) is 3.34. The number of carbonyl (C=O) groups is 1. The molecule has 0 fully saturated rings. The lowest BCUT2D eigenvalue weighted by Crippen LogP contribution is -2.23. The van der Waals surface area contributed by atoms with E-state index in [1.54, 1.807) is 25.1 Å². The van der Waals surface area contributed by atoms with Crippen LogP contribution in [0.4, 0.5) is 10.1 Å². The van der Waals surface area contributed by atoms with Gasteiger partial charge in [0.15, 0.2) is 0 Å². The molecule has 2 rings (SSSR count). The number of rotatable bonds is 4.